The molecule has 1 aliphatic heterocycles. The monoisotopic (exact) mass is 408 g/mol. The summed E-state index contributed by atoms with van der Waals surface area (Å²) in [5, 5.41) is 11.9. The predicted molar refractivity (Wildman–Crippen MR) is 112 cm³/mol. The van der Waals surface area contributed by atoms with Crippen molar-refractivity contribution in [2.45, 2.75) is 25.3 Å². The second kappa shape index (κ2) is 10.5. The van der Waals surface area contributed by atoms with Crippen LogP contribution < -0.4 is 10.2 Å². The second-order valence-corrected chi connectivity index (χ2v) is 7.32. The van der Waals surface area contributed by atoms with E-state index in [4.69, 9.17) is 5.26 Å². The summed E-state index contributed by atoms with van der Waals surface area (Å²) >= 11 is 0. The van der Waals surface area contributed by atoms with Gasteiger partial charge in [-0.05, 0) is 49.2 Å². The summed E-state index contributed by atoms with van der Waals surface area (Å²) in [7, 11) is 0. The molecule has 1 N–H and O–H groups in total. The number of carbonyl (C=O) groups excluding carboxylic acids is 2. The molecule has 3 rings (SSSR count). The van der Waals surface area contributed by atoms with Gasteiger partial charge in [0.2, 0.25) is 5.91 Å². The van der Waals surface area contributed by atoms with Gasteiger partial charge in [0.05, 0.1) is 19.0 Å². The van der Waals surface area contributed by atoms with E-state index < -0.39 is 0 Å². The van der Waals surface area contributed by atoms with Crippen molar-refractivity contribution in [1.82, 2.24) is 10.2 Å². The zero-order chi connectivity index (χ0) is 21.3. The average Bonchev–Trinajstić information content (AvgIpc) is 2.76. The topological polar surface area (TPSA) is 76.4 Å². The first-order valence-electron chi connectivity index (χ1n) is 10.1. The first-order valence-corrected chi connectivity index (χ1v) is 10.1. The Morgan fingerprint density at radius 1 is 1.10 bits per heavy atom. The number of piperidine rings is 1. The molecule has 0 aliphatic carbocycles. The number of benzene rings is 2. The fraction of sp³-hybridized carbons (Fsp3) is 0.348. The zero-order valence-corrected chi connectivity index (χ0v) is 16.8. The first-order chi connectivity index (χ1) is 14.6. The Labute approximate surface area is 175 Å². The lowest BCUT2D eigenvalue weighted by Crippen LogP contribution is -2.48. The maximum atomic E-state index is 13.0. The van der Waals surface area contributed by atoms with Crippen molar-refractivity contribution >= 4 is 17.5 Å². The molecule has 156 valence electrons. The van der Waals surface area contributed by atoms with E-state index in [1.807, 2.05) is 30.3 Å². The number of para-hydroxylation sites is 1. The molecule has 7 heteroatoms. The number of likely N-dealkylation sites (tertiary alicyclic amines) is 1. The molecule has 0 atom stereocenters. The molecule has 0 radical (unpaired) electrons. The molecule has 6 nitrogen and oxygen atoms in total. The van der Waals surface area contributed by atoms with Crippen LogP contribution in [0.2, 0.25) is 0 Å². The van der Waals surface area contributed by atoms with Gasteiger partial charge in [-0.3, -0.25) is 14.5 Å². The molecule has 2 amide bonds. The standard InChI is InChI=1S/C23H25FN4O2/c24-19-9-7-18(8-10-19)23(30)26-20-11-15-27(16-12-20)17-22(29)28(14-4-13-25)21-5-2-1-3-6-21/h1-3,5-10,20H,4,11-12,14-17H2,(H,26,30). The van der Waals surface area contributed by atoms with Gasteiger partial charge in [-0.1, -0.05) is 18.2 Å². The number of amides is 2. The molecular formula is C23H25FN4O2. The minimum absolute atomic E-state index is 0.0257. The number of carbonyl (C=O) groups is 2. The fourth-order valence-electron chi connectivity index (χ4n) is 3.55. The third-order valence-corrected chi connectivity index (χ3v) is 5.20. The SMILES string of the molecule is N#CCCN(C(=O)CN1CCC(NC(=O)c2ccc(F)cc2)CC1)c1ccccc1. The lowest BCUT2D eigenvalue weighted by molar-refractivity contribution is -0.120. The first kappa shape index (κ1) is 21.5. The Hall–Kier alpha value is -3.24. The van der Waals surface area contributed by atoms with Crippen LogP contribution in [0.5, 0.6) is 0 Å². The normalized spacial score (nSPS) is 14.7. The summed E-state index contributed by atoms with van der Waals surface area (Å²) in [6.45, 7) is 2.03. The molecule has 1 fully saturated rings. The van der Waals surface area contributed by atoms with E-state index in [9.17, 15) is 14.0 Å². The predicted octanol–water partition coefficient (Wildman–Crippen LogP) is 2.97. The molecule has 1 aliphatic rings. The molecule has 1 heterocycles. The van der Waals surface area contributed by atoms with Crippen LogP contribution in [-0.2, 0) is 4.79 Å². The highest BCUT2D eigenvalue weighted by Gasteiger charge is 2.24. The molecule has 0 saturated carbocycles. The third-order valence-electron chi connectivity index (χ3n) is 5.20. The van der Waals surface area contributed by atoms with E-state index >= 15 is 0 Å². The van der Waals surface area contributed by atoms with Gasteiger partial charge >= 0.3 is 0 Å². The fourth-order valence-corrected chi connectivity index (χ4v) is 3.55. The van der Waals surface area contributed by atoms with Crippen LogP contribution in [0, 0.1) is 17.1 Å². The van der Waals surface area contributed by atoms with Gasteiger partial charge < -0.3 is 10.2 Å². The van der Waals surface area contributed by atoms with Crippen LogP contribution in [0.4, 0.5) is 10.1 Å². The smallest absolute Gasteiger partial charge is 0.251 e. The number of nitriles is 1. The summed E-state index contributed by atoms with van der Waals surface area (Å²) in [6, 6.07) is 17.0. The van der Waals surface area contributed by atoms with Crippen molar-refractivity contribution in [3.63, 3.8) is 0 Å². The Balaban J connectivity index is 1.50. The zero-order valence-electron chi connectivity index (χ0n) is 16.8. The number of hydrogen-bond donors (Lipinski definition) is 1. The minimum Gasteiger partial charge on any atom is -0.349 e. The van der Waals surface area contributed by atoms with Crippen molar-refractivity contribution in [2.24, 2.45) is 0 Å². The van der Waals surface area contributed by atoms with Crippen molar-refractivity contribution in [2.75, 3.05) is 31.1 Å². The number of halogens is 1. The van der Waals surface area contributed by atoms with Crippen LogP contribution in [0.1, 0.15) is 29.6 Å². The van der Waals surface area contributed by atoms with Gasteiger partial charge in [0.25, 0.3) is 5.91 Å². The van der Waals surface area contributed by atoms with Crippen molar-refractivity contribution in [3.8, 4) is 6.07 Å². The second-order valence-electron chi connectivity index (χ2n) is 7.32. The highest BCUT2D eigenvalue weighted by Crippen LogP contribution is 2.16. The molecule has 0 unspecified atom stereocenters. The number of nitrogens with one attached hydrogen (secondary N) is 1. The Morgan fingerprint density at radius 3 is 2.40 bits per heavy atom. The van der Waals surface area contributed by atoms with Crippen molar-refractivity contribution in [3.05, 3.63) is 66.0 Å². The van der Waals surface area contributed by atoms with Gasteiger partial charge in [0.15, 0.2) is 0 Å². The van der Waals surface area contributed by atoms with Crippen molar-refractivity contribution in [1.29, 1.82) is 5.26 Å². The minimum atomic E-state index is -0.371. The van der Waals surface area contributed by atoms with Crippen LogP contribution in [0.15, 0.2) is 54.6 Å². The number of anilines is 1. The van der Waals surface area contributed by atoms with E-state index in [-0.39, 0.29) is 36.6 Å². The summed E-state index contributed by atoms with van der Waals surface area (Å²) in [5.41, 5.74) is 1.23. The average molecular weight is 408 g/mol. The summed E-state index contributed by atoms with van der Waals surface area (Å²) in [6.07, 6.45) is 1.76. The maximum Gasteiger partial charge on any atom is 0.251 e. The van der Waals surface area contributed by atoms with Crippen LogP contribution >= 0.6 is 0 Å². The van der Waals surface area contributed by atoms with Crippen LogP contribution in [-0.4, -0.2) is 48.9 Å². The van der Waals surface area contributed by atoms with Crippen LogP contribution in [0.25, 0.3) is 0 Å². The number of hydrogen-bond acceptors (Lipinski definition) is 4. The lowest BCUT2D eigenvalue weighted by atomic mass is 10.0. The van der Waals surface area contributed by atoms with E-state index in [2.05, 4.69) is 16.3 Å². The maximum absolute atomic E-state index is 13.0. The summed E-state index contributed by atoms with van der Waals surface area (Å²) in [4.78, 5) is 28.9. The third kappa shape index (κ3) is 5.88. The summed E-state index contributed by atoms with van der Waals surface area (Å²) < 4.78 is 13.0. The van der Waals surface area contributed by atoms with E-state index in [0.29, 0.717) is 25.2 Å². The molecular weight excluding hydrogens is 383 g/mol. The van der Waals surface area contributed by atoms with E-state index in [1.54, 1.807) is 4.90 Å². The molecule has 0 spiro atoms. The highest BCUT2D eigenvalue weighted by molar-refractivity contribution is 5.95. The Morgan fingerprint density at radius 2 is 1.77 bits per heavy atom. The quantitative estimate of drug-likeness (QED) is 0.764. The number of nitrogens with zero attached hydrogens (tertiary/aromatic N) is 3. The van der Waals surface area contributed by atoms with E-state index in [1.165, 1.54) is 24.3 Å². The molecule has 2 aromatic carbocycles. The van der Waals surface area contributed by atoms with Crippen LogP contribution in [0.3, 0.4) is 0 Å². The lowest BCUT2D eigenvalue weighted by Gasteiger charge is -2.33. The molecule has 0 aromatic heterocycles. The van der Waals surface area contributed by atoms with Gasteiger partial charge in [-0.2, -0.15) is 5.26 Å². The largest absolute Gasteiger partial charge is 0.349 e. The van der Waals surface area contributed by atoms with Gasteiger partial charge in [-0.25, -0.2) is 4.39 Å². The Kier molecular flexibility index (Phi) is 7.52. The van der Waals surface area contributed by atoms with Crippen molar-refractivity contribution < 1.29 is 14.0 Å². The molecule has 2 aromatic rings. The summed E-state index contributed by atoms with van der Waals surface area (Å²) in [5.74, 6) is -0.620. The number of rotatable bonds is 7. The van der Waals surface area contributed by atoms with Gasteiger partial charge in [0.1, 0.15) is 5.82 Å². The Bertz CT molecular complexity index is 888. The molecule has 1 saturated heterocycles. The van der Waals surface area contributed by atoms with E-state index in [0.717, 1.165) is 18.5 Å². The molecule has 30 heavy (non-hydrogen) atoms. The highest BCUT2D eigenvalue weighted by atomic mass is 19.1. The van der Waals surface area contributed by atoms with Gasteiger partial charge in [-0.15, -0.1) is 0 Å². The molecule has 0 bridgehead atoms. The van der Waals surface area contributed by atoms with Gasteiger partial charge in [0, 0.05) is 36.9 Å².